The maximum Gasteiger partial charge on any atom is 0.171 e. The van der Waals surface area contributed by atoms with Gasteiger partial charge in [-0.25, -0.2) is 0 Å². The number of rotatable bonds is 5. The summed E-state index contributed by atoms with van der Waals surface area (Å²) >= 11 is 5.59. The van der Waals surface area contributed by atoms with Gasteiger partial charge in [-0.2, -0.15) is 0 Å². The minimum Gasteiger partial charge on any atom is -0.379 e. The van der Waals surface area contributed by atoms with Gasteiger partial charge < -0.3 is 15.4 Å². The van der Waals surface area contributed by atoms with Gasteiger partial charge in [0.15, 0.2) is 5.11 Å². The molecule has 2 aromatic carbocycles. The quantitative estimate of drug-likeness (QED) is 0.787. The highest BCUT2D eigenvalue weighted by atomic mass is 32.1. The van der Waals surface area contributed by atoms with Crippen LogP contribution in [0.1, 0.15) is 22.7 Å². The van der Waals surface area contributed by atoms with E-state index in [1.165, 1.54) is 16.7 Å². The van der Waals surface area contributed by atoms with Crippen molar-refractivity contribution in [2.24, 2.45) is 0 Å². The molecule has 1 fully saturated rings. The second-order valence-corrected chi connectivity index (χ2v) is 7.18. The first-order valence-electron chi connectivity index (χ1n) is 9.11. The SMILES string of the molecule is Cc1ccc(NC(=S)N[C@@H](CN2CCOCC2)c2ccccc2)cc1C. The Morgan fingerprint density at radius 1 is 1.08 bits per heavy atom. The maximum absolute atomic E-state index is 5.59. The van der Waals surface area contributed by atoms with Crippen LogP contribution in [0.15, 0.2) is 48.5 Å². The minimum atomic E-state index is 0.140. The van der Waals surface area contributed by atoms with Crippen LogP contribution in [0.25, 0.3) is 0 Å². The Morgan fingerprint density at radius 2 is 1.81 bits per heavy atom. The Bertz CT molecular complexity index is 729. The van der Waals surface area contributed by atoms with Crippen LogP contribution in [-0.4, -0.2) is 42.9 Å². The van der Waals surface area contributed by atoms with Crippen molar-refractivity contribution in [2.75, 3.05) is 38.2 Å². The van der Waals surface area contributed by atoms with Gasteiger partial charge in [0, 0.05) is 25.3 Å². The highest BCUT2D eigenvalue weighted by Gasteiger charge is 2.19. The molecule has 3 rings (SSSR count). The van der Waals surface area contributed by atoms with E-state index < -0.39 is 0 Å². The molecule has 4 nitrogen and oxygen atoms in total. The fourth-order valence-electron chi connectivity index (χ4n) is 3.11. The Hall–Kier alpha value is -1.95. The monoisotopic (exact) mass is 369 g/mol. The number of aryl methyl sites for hydroxylation is 2. The van der Waals surface area contributed by atoms with Gasteiger partial charge in [0.1, 0.15) is 0 Å². The number of anilines is 1. The van der Waals surface area contributed by atoms with Gasteiger partial charge in [-0.15, -0.1) is 0 Å². The summed E-state index contributed by atoms with van der Waals surface area (Å²) in [6, 6.07) is 16.9. The topological polar surface area (TPSA) is 36.5 Å². The molecule has 0 bridgehead atoms. The van der Waals surface area contributed by atoms with E-state index in [1.807, 2.05) is 6.07 Å². The van der Waals surface area contributed by atoms with Crippen molar-refractivity contribution in [1.29, 1.82) is 0 Å². The number of ether oxygens (including phenoxy) is 1. The number of nitrogens with zero attached hydrogens (tertiary/aromatic N) is 1. The van der Waals surface area contributed by atoms with Gasteiger partial charge in [-0.1, -0.05) is 36.4 Å². The van der Waals surface area contributed by atoms with Crippen LogP contribution in [0.2, 0.25) is 0 Å². The molecule has 26 heavy (non-hydrogen) atoms. The van der Waals surface area contributed by atoms with Crippen molar-refractivity contribution in [3.63, 3.8) is 0 Å². The average Bonchev–Trinajstić information content (AvgIpc) is 2.66. The van der Waals surface area contributed by atoms with E-state index in [4.69, 9.17) is 17.0 Å². The fraction of sp³-hybridized carbons (Fsp3) is 0.381. The van der Waals surface area contributed by atoms with E-state index >= 15 is 0 Å². The molecule has 2 aromatic rings. The van der Waals surface area contributed by atoms with E-state index in [1.54, 1.807) is 0 Å². The Morgan fingerprint density at radius 3 is 2.50 bits per heavy atom. The molecule has 0 radical (unpaired) electrons. The third kappa shape index (κ3) is 5.27. The summed E-state index contributed by atoms with van der Waals surface area (Å²) in [5, 5.41) is 7.47. The molecule has 0 saturated carbocycles. The van der Waals surface area contributed by atoms with E-state index in [9.17, 15) is 0 Å². The normalized spacial score (nSPS) is 16.1. The van der Waals surface area contributed by atoms with Gasteiger partial charge in [0.2, 0.25) is 0 Å². The van der Waals surface area contributed by atoms with Crippen molar-refractivity contribution in [2.45, 2.75) is 19.9 Å². The summed E-state index contributed by atoms with van der Waals surface area (Å²) in [6.07, 6.45) is 0. The van der Waals surface area contributed by atoms with Gasteiger partial charge in [0.25, 0.3) is 0 Å². The van der Waals surface area contributed by atoms with E-state index in [0.29, 0.717) is 5.11 Å². The molecule has 1 aliphatic rings. The van der Waals surface area contributed by atoms with E-state index in [0.717, 1.165) is 38.5 Å². The molecule has 0 spiro atoms. The maximum atomic E-state index is 5.59. The lowest BCUT2D eigenvalue weighted by atomic mass is 10.1. The van der Waals surface area contributed by atoms with Crippen molar-refractivity contribution < 1.29 is 4.74 Å². The van der Waals surface area contributed by atoms with Gasteiger partial charge in [-0.05, 0) is 54.9 Å². The number of benzene rings is 2. The predicted octanol–water partition coefficient (Wildman–Crippen LogP) is 3.66. The van der Waals surface area contributed by atoms with Crippen molar-refractivity contribution in [3.05, 3.63) is 65.2 Å². The Balaban J connectivity index is 1.67. The molecule has 5 heteroatoms. The standard InChI is InChI=1S/C21H27N3OS/c1-16-8-9-19(14-17(16)2)22-21(26)23-20(18-6-4-3-5-7-18)15-24-10-12-25-13-11-24/h3-9,14,20H,10-13,15H2,1-2H3,(H2,22,23,26)/t20-/m0/s1. The highest BCUT2D eigenvalue weighted by Crippen LogP contribution is 2.17. The first-order chi connectivity index (χ1) is 12.6. The third-order valence-electron chi connectivity index (χ3n) is 4.82. The summed E-state index contributed by atoms with van der Waals surface area (Å²) in [7, 11) is 0. The molecule has 1 saturated heterocycles. The van der Waals surface area contributed by atoms with Gasteiger partial charge >= 0.3 is 0 Å². The number of thiocarbonyl (C=S) groups is 1. The second kappa shape index (κ2) is 9.12. The zero-order valence-electron chi connectivity index (χ0n) is 15.5. The largest absolute Gasteiger partial charge is 0.379 e. The molecule has 1 atom stereocenters. The van der Waals surface area contributed by atoms with Crippen LogP contribution in [0, 0.1) is 13.8 Å². The van der Waals surface area contributed by atoms with E-state index in [-0.39, 0.29) is 6.04 Å². The first-order valence-corrected chi connectivity index (χ1v) is 9.52. The smallest absolute Gasteiger partial charge is 0.171 e. The number of hydrogen-bond donors (Lipinski definition) is 2. The van der Waals surface area contributed by atoms with Crippen molar-refractivity contribution in [1.82, 2.24) is 10.2 Å². The highest BCUT2D eigenvalue weighted by molar-refractivity contribution is 7.80. The lowest BCUT2D eigenvalue weighted by Gasteiger charge is -2.31. The Labute approximate surface area is 161 Å². The van der Waals surface area contributed by atoms with Crippen molar-refractivity contribution in [3.8, 4) is 0 Å². The second-order valence-electron chi connectivity index (χ2n) is 6.77. The number of hydrogen-bond acceptors (Lipinski definition) is 3. The molecule has 0 aliphatic carbocycles. The summed E-state index contributed by atoms with van der Waals surface area (Å²) in [4.78, 5) is 2.42. The van der Waals surface area contributed by atoms with E-state index in [2.05, 4.69) is 71.8 Å². The van der Waals surface area contributed by atoms with Crippen LogP contribution in [0.3, 0.4) is 0 Å². The van der Waals surface area contributed by atoms with Gasteiger partial charge in [-0.3, -0.25) is 4.90 Å². The minimum absolute atomic E-state index is 0.140. The molecule has 0 aromatic heterocycles. The van der Waals surface area contributed by atoms with Crippen LogP contribution >= 0.6 is 12.2 Å². The first kappa shape index (κ1) is 18.8. The third-order valence-corrected chi connectivity index (χ3v) is 5.04. The molecule has 1 heterocycles. The fourth-order valence-corrected chi connectivity index (χ4v) is 3.37. The van der Waals surface area contributed by atoms with Crippen molar-refractivity contribution >= 4 is 23.0 Å². The zero-order chi connectivity index (χ0) is 18.4. The van der Waals surface area contributed by atoms with Gasteiger partial charge in [0.05, 0.1) is 19.3 Å². The lowest BCUT2D eigenvalue weighted by Crippen LogP contribution is -2.44. The molecule has 2 N–H and O–H groups in total. The Kier molecular flexibility index (Phi) is 6.61. The van der Waals surface area contributed by atoms with Crippen LogP contribution in [0.5, 0.6) is 0 Å². The summed E-state index contributed by atoms with van der Waals surface area (Å²) in [5.41, 5.74) is 4.79. The molecule has 0 unspecified atom stereocenters. The average molecular weight is 370 g/mol. The number of morpholine rings is 1. The molecule has 1 aliphatic heterocycles. The molecule has 138 valence electrons. The van der Waals surface area contributed by atoms with Crippen LogP contribution < -0.4 is 10.6 Å². The molecular weight excluding hydrogens is 342 g/mol. The summed E-state index contributed by atoms with van der Waals surface area (Å²) in [6.45, 7) is 8.65. The van der Waals surface area contributed by atoms with Crippen LogP contribution in [-0.2, 0) is 4.74 Å². The lowest BCUT2D eigenvalue weighted by molar-refractivity contribution is 0.0344. The summed E-state index contributed by atoms with van der Waals surface area (Å²) < 4.78 is 5.47. The zero-order valence-corrected chi connectivity index (χ0v) is 16.3. The molecule has 0 amide bonds. The predicted molar refractivity (Wildman–Crippen MR) is 112 cm³/mol. The summed E-state index contributed by atoms with van der Waals surface area (Å²) in [5.74, 6) is 0. The number of nitrogens with one attached hydrogen (secondary N) is 2. The van der Waals surface area contributed by atoms with Crippen LogP contribution in [0.4, 0.5) is 5.69 Å². The molecular formula is C21H27N3OS.